The molecule has 2 aliphatic heterocycles. The van der Waals surface area contributed by atoms with E-state index in [0.717, 1.165) is 0 Å². The normalized spacial score (nSPS) is 56.0. The first-order chi connectivity index (χ1) is 22.1. The third-order valence-corrected chi connectivity index (χ3v) is 13.4. The summed E-state index contributed by atoms with van der Waals surface area (Å²) < 4.78 is 23.5. The van der Waals surface area contributed by atoms with Crippen molar-refractivity contribution in [3.63, 3.8) is 0 Å². The molecular weight excluding hydrogens is 624 g/mol. The fraction of sp³-hybridized carbons (Fsp3) is 0.969. The van der Waals surface area contributed by atoms with Gasteiger partial charge in [0, 0.05) is 5.41 Å². The van der Waals surface area contributed by atoms with Crippen LogP contribution in [0.4, 0.5) is 0 Å². The summed E-state index contributed by atoms with van der Waals surface area (Å²) in [4.78, 5) is 14.2. The van der Waals surface area contributed by atoms with E-state index in [-0.39, 0.29) is 36.7 Å². The maximum Gasteiger partial charge on any atom is 0.314 e. The van der Waals surface area contributed by atoms with Crippen LogP contribution in [0, 0.1) is 34.0 Å². The van der Waals surface area contributed by atoms with Gasteiger partial charge >= 0.3 is 5.97 Å². The van der Waals surface area contributed by atoms with Crippen LogP contribution in [-0.2, 0) is 23.7 Å². The van der Waals surface area contributed by atoms with Crippen LogP contribution < -0.4 is 0 Å². The Hall–Kier alpha value is -1.05. The second kappa shape index (κ2) is 12.6. The molecule has 2 saturated heterocycles. The van der Waals surface area contributed by atoms with E-state index in [1.165, 1.54) is 0 Å². The molecule has 2 heterocycles. The molecule has 1 spiro atoms. The van der Waals surface area contributed by atoms with Crippen LogP contribution >= 0.6 is 0 Å². The maximum absolute atomic E-state index is 14.2. The molecule has 18 atom stereocenters. The van der Waals surface area contributed by atoms with Crippen molar-refractivity contribution in [1.82, 2.24) is 0 Å². The molecule has 0 aromatic heterocycles. The fourth-order valence-corrected chi connectivity index (χ4v) is 10.9. The van der Waals surface area contributed by atoms with Gasteiger partial charge in [0.15, 0.2) is 6.29 Å². The van der Waals surface area contributed by atoms with Crippen LogP contribution in [0.1, 0.15) is 65.2 Å². The molecule has 15 nitrogen and oxygen atoms in total. The smallest absolute Gasteiger partial charge is 0.314 e. The number of rotatable bonds is 7. The van der Waals surface area contributed by atoms with Gasteiger partial charge in [0.2, 0.25) is 6.29 Å². The average molecular weight is 677 g/mol. The summed E-state index contributed by atoms with van der Waals surface area (Å²) in [6, 6.07) is 0. The zero-order valence-corrected chi connectivity index (χ0v) is 26.9. The van der Waals surface area contributed by atoms with Crippen molar-refractivity contribution in [2.24, 2.45) is 34.0 Å². The lowest BCUT2D eigenvalue weighted by Crippen LogP contribution is -2.66. The topological polar surface area (TPSA) is 256 Å². The van der Waals surface area contributed by atoms with Gasteiger partial charge in [-0.15, -0.1) is 0 Å². The zero-order valence-electron chi connectivity index (χ0n) is 26.9. The first-order valence-corrected chi connectivity index (χ1v) is 16.9. The van der Waals surface area contributed by atoms with Gasteiger partial charge in [0.1, 0.15) is 48.8 Å². The van der Waals surface area contributed by atoms with Gasteiger partial charge in [-0.25, -0.2) is 0 Å². The molecule has 0 amide bonds. The number of esters is 1. The van der Waals surface area contributed by atoms with E-state index in [9.17, 15) is 55.9 Å². The summed E-state index contributed by atoms with van der Waals surface area (Å²) in [5.74, 6) is -1.31. The summed E-state index contributed by atoms with van der Waals surface area (Å²) in [5.41, 5.74) is -3.59. The number of hydrogen-bond donors (Lipinski definition) is 10. The van der Waals surface area contributed by atoms with Crippen molar-refractivity contribution in [1.29, 1.82) is 0 Å². The Kier molecular flexibility index (Phi) is 9.60. The molecule has 0 aromatic carbocycles. The Bertz CT molecular complexity index is 1160. The van der Waals surface area contributed by atoms with Crippen molar-refractivity contribution in [3.8, 4) is 0 Å². The predicted octanol–water partition coefficient (Wildman–Crippen LogP) is -2.74. The molecule has 0 aromatic rings. The van der Waals surface area contributed by atoms with Crippen LogP contribution in [0.2, 0.25) is 0 Å². The van der Waals surface area contributed by atoms with Crippen molar-refractivity contribution in [2.75, 3.05) is 19.8 Å². The molecule has 6 aliphatic rings. The van der Waals surface area contributed by atoms with Crippen LogP contribution in [0.15, 0.2) is 0 Å². The number of carbonyl (C=O) groups is 1. The number of hydrogen-bond acceptors (Lipinski definition) is 15. The largest absolute Gasteiger partial charge is 0.432 e. The summed E-state index contributed by atoms with van der Waals surface area (Å²) in [6.07, 6.45) is -12.0. The Morgan fingerprint density at radius 1 is 0.745 bits per heavy atom. The standard InChI is InChI=1S/C32H52O15/c1-29(28(42)47-27-25(41)23(39)21(37)16(11-34)45-27)7-6-19(46-26-24(40)22(38)20(36)15(10-33)44-26)30(2)17(29)5-8-31-9-14(3-4-18(30)31)32(43,12-31)13-35/h14-27,33-41,43H,3-13H2,1-2H3/t14-,15-,16-,17-,18+,19+,20-,21-,22+,23+,24-,25-,26+,27+,29-,30-,31+,32+/m1/s1. The Balaban J connectivity index is 1.33. The van der Waals surface area contributed by atoms with Crippen molar-refractivity contribution in [3.05, 3.63) is 0 Å². The first kappa shape index (κ1) is 35.8. The Morgan fingerprint density at radius 3 is 1.94 bits per heavy atom. The molecule has 10 N–H and O–H groups in total. The molecule has 4 saturated carbocycles. The predicted molar refractivity (Wildman–Crippen MR) is 157 cm³/mol. The molecule has 47 heavy (non-hydrogen) atoms. The second-order valence-electron chi connectivity index (χ2n) is 15.7. The van der Waals surface area contributed by atoms with E-state index in [1.54, 1.807) is 6.92 Å². The van der Waals surface area contributed by atoms with E-state index in [2.05, 4.69) is 0 Å². The highest BCUT2D eigenvalue weighted by molar-refractivity contribution is 5.77. The Labute approximate surface area is 273 Å². The lowest BCUT2D eigenvalue weighted by Gasteiger charge is -2.66. The van der Waals surface area contributed by atoms with Crippen LogP contribution in [0.3, 0.4) is 0 Å². The molecule has 0 radical (unpaired) electrons. The van der Waals surface area contributed by atoms with E-state index < -0.39 is 109 Å². The average Bonchev–Trinajstić information content (AvgIpc) is 3.26. The molecule has 270 valence electrons. The number of ether oxygens (including phenoxy) is 4. The Morgan fingerprint density at radius 2 is 1.34 bits per heavy atom. The van der Waals surface area contributed by atoms with Crippen LogP contribution in [-0.4, -0.2) is 150 Å². The van der Waals surface area contributed by atoms with Gasteiger partial charge < -0.3 is 70.0 Å². The second-order valence-corrected chi connectivity index (χ2v) is 15.7. The molecule has 6 fully saturated rings. The molecule has 15 heteroatoms. The summed E-state index contributed by atoms with van der Waals surface area (Å²) in [5, 5.41) is 104. The highest BCUT2D eigenvalue weighted by atomic mass is 16.7. The van der Waals surface area contributed by atoms with Gasteiger partial charge in [-0.3, -0.25) is 4.79 Å². The van der Waals surface area contributed by atoms with Gasteiger partial charge in [-0.1, -0.05) is 6.92 Å². The van der Waals surface area contributed by atoms with Crippen LogP contribution in [0.5, 0.6) is 0 Å². The number of carbonyl (C=O) groups excluding carboxylic acids is 1. The minimum Gasteiger partial charge on any atom is -0.432 e. The van der Waals surface area contributed by atoms with E-state index in [0.29, 0.717) is 38.5 Å². The number of fused-ring (bicyclic) bond motifs is 3. The van der Waals surface area contributed by atoms with Crippen molar-refractivity contribution >= 4 is 5.97 Å². The number of aliphatic hydroxyl groups is 10. The monoisotopic (exact) mass is 676 g/mol. The van der Waals surface area contributed by atoms with Crippen molar-refractivity contribution < 1.29 is 74.8 Å². The van der Waals surface area contributed by atoms with Gasteiger partial charge in [0.05, 0.1) is 36.9 Å². The van der Waals surface area contributed by atoms with E-state index >= 15 is 0 Å². The lowest BCUT2D eigenvalue weighted by molar-refractivity contribution is -0.337. The third-order valence-electron chi connectivity index (χ3n) is 13.4. The van der Waals surface area contributed by atoms with Crippen LogP contribution in [0.25, 0.3) is 0 Å². The fourth-order valence-electron chi connectivity index (χ4n) is 10.9. The zero-order chi connectivity index (χ0) is 34.3. The van der Waals surface area contributed by atoms with Crippen molar-refractivity contribution in [2.45, 2.75) is 138 Å². The van der Waals surface area contributed by atoms with E-state index in [4.69, 9.17) is 18.9 Å². The first-order valence-electron chi connectivity index (χ1n) is 16.9. The quantitative estimate of drug-likeness (QED) is 0.123. The number of aliphatic hydroxyl groups excluding tert-OH is 9. The highest BCUT2D eigenvalue weighted by Crippen LogP contribution is 2.73. The van der Waals surface area contributed by atoms with E-state index in [1.807, 2.05) is 6.92 Å². The highest BCUT2D eigenvalue weighted by Gasteiger charge is 2.71. The third kappa shape index (κ3) is 5.40. The van der Waals surface area contributed by atoms with Gasteiger partial charge in [-0.2, -0.15) is 0 Å². The summed E-state index contributed by atoms with van der Waals surface area (Å²) in [6.45, 7) is 2.13. The lowest BCUT2D eigenvalue weighted by atomic mass is 9.40. The minimum absolute atomic E-state index is 0.0835. The summed E-state index contributed by atoms with van der Waals surface area (Å²) in [7, 11) is 0. The summed E-state index contributed by atoms with van der Waals surface area (Å²) >= 11 is 0. The minimum atomic E-state index is -1.77. The molecule has 0 unspecified atom stereocenters. The van der Waals surface area contributed by atoms with Gasteiger partial charge in [0.25, 0.3) is 0 Å². The molecular formula is C32H52O15. The molecule has 4 aliphatic carbocycles. The SMILES string of the molecule is C[C@@]12[C@@H](O[C@@H]3O[C@H](CO)[C@@H](O)[C@H](O)[C@H]3O)CC[C@@](C)(C(=O)O[C@@H]3O[C@H](CO)[C@@H](O)[C@H](O)[C@H]3O)[C@H]1CC[C@@]13C[C@@H](CC[C@H]12)[C@@](O)(CO)C3. The van der Waals surface area contributed by atoms with Gasteiger partial charge in [-0.05, 0) is 81.5 Å². The maximum atomic E-state index is 14.2. The molecule has 6 rings (SSSR count). The molecule has 2 bridgehead atoms.